The third kappa shape index (κ3) is 19.5. The molecule has 14 heteroatoms. The Morgan fingerprint density at radius 2 is 1.44 bits per heavy atom. The fraction of sp³-hybridized carbons (Fsp3) is 0.920. The fourth-order valence-electron chi connectivity index (χ4n) is 3.88. The van der Waals surface area contributed by atoms with E-state index >= 15 is 0 Å². The van der Waals surface area contributed by atoms with E-state index in [9.17, 15) is 19.0 Å². The molecule has 0 aromatic rings. The molecule has 13 nitrogen and oxygen atoms in total. The van der Waals surface area contributed by atoms with Gasteiger partial charge < -0.3 is 39.2 Å². The zero-order valence-corrected chi connectivity index (χ0v) is 24.6. The Morgan fingerprint density at radius 1 is 0.846 bits per heavy atom. The smallest absolute Gasteiger partial charge is 0.382 e. The molecule has 0 aromatic carbocycles. The molecule has 230 valence electrons. The average Bonchev–Trinajstić information content (AvgIpc) is 3.22. The number of phosphoric acid groups is 1. The number of carbonyl (C=O) groups excluding carboxylic acids is 2. The summed E-state index contributed by atoms with van der Waals surface area (Å²) in [5, 5.41) is 5.77. The van der Waals surface area contributed by atoms with Gasteiger partial charge in [-0.3, -0.25) is 13.8 Å². The maximum absolute atomic E-state index is 12.0. The van der Waals surface area contributed by atoms with Crippen molar-refractivity contribution in [3.05, 3.63) is 0 Å². The third-order valence-corrected chi connectivity index (χ3v) is 7.06. The first kappa shape index (κ1) is 35.9. The van der Waals surface area contributed by atoms with Crippen LogP contribution in [0, 0.1) is 0 Å². The Kier molecular flexibility index (Phi) is 20.7. The fourth-order valence-corrected chi connectivity index (χ4v) is 4.46. The summed E-state index contributed by atoms with van der Waals surface area (Å²) in [6.07, 6.45) is 6.02. The predicted octanol–water partition coefficient (Wildman–Crippen LogP) is 2.59. The standard InChI is InChI=1S/C25H49N2O11P/c1-21-24(27-25(29)26-21)11-6-4-5-9-22(28)10-7-8-12-34-13-14-35-15-16-36-17-18-37-20-23(19-32-2)38-39(30,31)33-3/h21,23-24H,4-20H2,1-3H3,(H,30,31)(H2,26,27,29). The summed E-state index contributed by atoms with van der Waals surface area (Å²) < 4.78 is 47.5. The van der Waals surface area contributed by atoms with Crippen molar-refractivity contribution in [2.45, 2.75) is 76.5 Å². The summed E-state index contributed by atoms with van der Waals surface area (Å²) in [6.45, 7) is 5.19. The molecule has 1 aliphatic rings. The van der Waals surface area contributed by atoms with E-state index in [2.05, 4.69) is 15.2 Å². The van der Waals surface area contributed by atoms with Gasteiger partial charge in [-0.25, -0.2) is 9.36 Å². The van der Waals surface area contributed by atoms with Gasteiger partial charge in [-0.2, -0.15) is 0 Å². The second-order valence-corrected chi connectivity index (χ2v) is 10.9. The van der Waals surface area contributed by atoms with Crippen LogP contribution >= 0.6 is 7.82 Å². The van der Waals surface area contributed by atoms with E-state index in [0.717, 1.165) is 45.6 Å². The van der Waals surface area contributed by atoms with Gasteiger partial charge >= 0.3 is 13.9 Å². The molecule has 4 unspecified atom stereocenters. The SMILES string of the molecule is COCC(COCCOCCOCCOCCCCC(=O)CCCCCC1NC(=O)NC1C)OP(=O)(O)OC. The quantitative estimate of drug-likeness (QED) is 0.0962. The number of carbonyl (C=O) groups is 2. The largest absolute Gasteiger partial charge is 0.472 e. The highest BCUT2D eigenvalue weighted by Crippen LogP contribution is 2.43. The highest BCUT2D eigenvalue weighted by Gasteiger charge is 2.27. The average molecular weight is 585 g/mol. The van der Waals surface area contributed by atoms with Crippen molar-refractivity contribution in [2.75, 3.05) is 73.7 Å². The Bertz CT molecular complexity index is 701. The molecule has 0 radical (unpaired) electrons. The van der Waals surface area contributed by atoms with Gasteiger partial charge in [0, 0.05) is 39.7 Å². The lowest BCUT2D eigenvalue weighted by molar-refractivity contribution is -0.119. The Balaban J connectivity index is 1.82. The topological polar surface area (TPSA) is 160 Å². The molecular formula is C25H49N2O11P. The molecule has 1 rings (SSSR count). The first-order valence-corrected chi connectivity index (χ1v) is 15.2. The van der Waals surface area contributed by atoms with Gasteiger partial charge in [0.1, 0.15) is 11.9 Å². The molecule has 0 spiro atoms. The highest BCUT2D eigenvalue weighted by molar-refractivity contribution is 7.47. The van der Waals surface area contributed by atoms with E-state index in [4.69, 9.17) is 28.2 Å². The van der Waals surface area contributed by atoms with E-state index in [1.807, 2.05) is 6.92 Å². The molecule has 0 bridgehead atoms. The second kappa shape index (κ2) is 22.5. The van der Waals surface area contributed by atoms with Crippen LogP contribution in [0.25, 0.3) is 0 Å². The van der Waals surface area contributed by atoms with Gasteiger partial charge in [0.25, 0.3) is 0 Å². The molecular weight excluding hydrogens is 535 g/mol. The number of Topliss-reactive ketones (excluding diaryl/α,β-unsaturated/α-hetero) is 1. The molecule has 0 saturated carbocycles. The molecule has 1 aliphatic heterocycles. The second-order valence-electron chi connectivity index (χ2n) is 9.35. The Hall–Kier alpha value is -1.15. The number of ether oxygens (including phenoxy) is 5. The van der Waals surface area contributed by atoms with Crippen LogP contribution in [-0.2, 0) is 42.1 Å². The Labute approximate surface area is 232 Å². The lowest BCUT2D eigenvalue weighted by Crippen LogP contribution is -2.30. The normalized spacial score (nSPS) is 19.4. The van der Waals surface area contributed by atoms with Crippen molar-refractivity contribution in [2.24, 2.45) is 0 Å². The van der Waals surface area contributed by atoms with Crippen LogP contribution in [0.5, 0.6) is 0 Å². The molecule has 2 amide bonds. The number of unbranched alkanes of at least 4 members (excludes halogenated alkanes) is 3. The molecule has 1 saturated heterocycles. The Morgan fingerprint density at radius 3 is 2.00 bits per heavy atom. The van der Waals surface area contributed by atoms with Crippen LogP contribution in [0.1, 0.15) is 58.3 Å². The molecule has 3 N–H and O–H groups in total. The maximum Gasteiger partial charge on any atom is 0.472 e. The van der Waals surface area contributed by atoms with Crippen LogP contribution < -0.4 is 10.6 Å². The van der Waals surface area contributed by atoms with E-state index < -0.39 is 13.9 Å². The van der Waals surface area contributed by atoms with Crippen LogP contribution in [0.3, 0.4) is 0 Å². The van der Waals surface area contributed by atoms with Crippen LogP contribution in [0.15, 0.2) is 0 Å². The number of amides is 2. The summed E-state index contributed by atoms with van der Waals surface area (Å²) in [4.78, 5) is 32.6. The van der Waals surface area contributed by atoms with Crippen LogP contribution in [-0.4, -0.2) is 109 Å². The predicted molar refractivity (Wildman–Crippen MR) is 144 cm³/mol. The van der Waals surface area contributed by atoms with Crippen molar-refractivity contribution < 1.29 is 51.8 Å². The van der Waals surface area contributed by atoms with Gasteiger partial charge in [-0.15, -0.1) is 0 Å². The number of ketones is 1. The summed E-state index contributed by atoms with van der Waals surface area (Å²) in [5.41, 5.74) is 0. The van der Waals surface area contributed by atoms with Crippen molar-refractivity contribution in [3.63, 3.8) is 0 Å². The maximum atomic E-state index is 12.0. The summed E-state index contributed by atoms with van der Waals surface area (Å²) in [5.74, 6) is 0.304. The molecule has 0 aromatic heterocycles. The van der Waals surface area contributed by atoms with E-state index in [1.54, 1.807) is 0 Å². The molecule has 4 atom stereocenters. The monoisotopic (exact) mass is 584 g/mol. The van der Waals surface area contributed by atoms with Gasteiger partial charge in [-0.05, 0) is 32.6 Å². The molecule has 39 heavy (non-hydrogen) atoms. The van der Waals surface area contributed by atoms with Gasteiger partial charge in [0.15, 0.2) is 0 Å². The van der Waals surface area contributed by atoms with E-state index in [-0.39, 0.29) is 37.9 Å². The summed E-state index contributed by atoms with van der Waals surface area (Å²) >= 11 is 0. The molecule has 0 aliphatic carbocycles. The number of methoxy groups -OCH3 is 1. The minimum atomic E-state index is -4.10. The van der Waals surface area contributed by atoms with Gasteiger partial charge in [-0.1, -0.05) is 12.8 Å². The minimum Gasteiger partial charge on any atom is -0.382 e. The van der Waals surface area contributed by atoms with Crippen molar-refractivity contribution in [1.29, 1.82) is 0 Å². The number of hydrogen-bond acceptors (Lipinski definition) is 10. The zero-order valence-electron chi connectivity index (χ0n) is 23.7. The highest BCUT2D eigenvalue weighted by atomic mass is 31.2. The lowest BCUT2D eigenvalue weighted by atomic mass is 10.0. The van der Waals surface area contributed by atoms with Crippen molar-refractivity contribution in [1.82, 2.24) is 10.6 Å². The van der Waals surface area contributed by atoms with Gasteiger partial charge in [0.05, 0.1) is 58.9 Å². The van der Waals surface area contributed by atoms with Crippen LogP contribution in [0.2, 0.25) is 0 Å². The van der Waals surface area contributed by atoms with Crippen molar-refractivity contribution in [3.8, 4) is 0 Å². The third-order valence-electron chi connectivity index (χ3n) is 6.03. The van der Waals surface area contributed by atoms with Crippen molar-refractivity contribution >= 4 is 19.6 Å². The number of rotatable bonds is 27. The van der Waals surface area contributed by atoms with Gasteiger partial charge in [0.2, 0.25) is 0 Å². The number of nitrogens with one attached hydrogen (secondary N) is 2. The van der Waals surface area contributed by atoms with E-state index in [1.165, 1.54) is 7.11 Å². The summed E-state index contributed by atoms with van der Waals surface area (Å²) in [7, 11) is -1.56. The number of hydrogen-bond donors (Lipinski definition) is 3. The zero-order chi connectivity index (χ0) is 28.8. The number of phosphoric ester groups is 1. The first-order chi connectivity index (χ1) is 18.8. The summed E-state index contributed by atoms with van der Waals surface area (Å²) in [6, 6.07) is 0.273. The van der Waals surface area contributed by atoms with Crippen LogP contribution in [0.4, 0.5) is 4.79 Å². The number of urea groups is 1. The molecule has 1 fully saturated rings. The first-order valence-electron chi connectivity index (χ1n) is 13.7. The molecule has 1 heterocycles. The van der Waals surface area contributed by atoms with E-state index in [0.29, 0.717) is 58.3 Å². The minimum absolute atomic E-state index is 0.0636. The lowest BCUT2D eigenvalue weighted by Gasteiger charge is -2.19.